The molecule has 0 saturated carbocycles. The van der Waals surface area contributed by atoms with E-state index in [4.69, 9.17) is 5.11 Å². The first kappa shape index (κ1) is 18.3. The molecule has 0 radical (unpaired) electrons. The highest BCUT2D eigenvalue weighted by Gasteiger charge is 2.47. The summed E-state index contributed by atoms with van der Waals surface area (Å²) in [5, 5.41) is 8.91. The summed E-state index contributed by atoms with van der Waals surface area (Å²) in [4.78, 5) is 36.5. The topological polar surface area (TPSA) is 112 Å². The summed E-state index contributed by atoms with van der Waals surface area (Å²) in [7, 11) is -4.07. The number of sulfonamides is 1. The molecular formula is C16H17FN2O6S. The van der Waals surface area contributed by atoms with Gasteiger partial charge in [0.15, 0.2) is 0 Å². The Bertz CT molecular complexity index is 929. The summed E-state index contributed by atoms with van der Waals surface area (Å²) >= 11 is 0. The highest BCUT2D eigenvalue weighted by molar-refractivity contribution is 7.90. The Kier molecular flexibility index (Phi) is 4.06. The highest BCUT2D eigenvalue weighted by Crippen LogP contribution is 2.33. The zero-order chi connectivity index (χ0) is 19.4. The van der Waals surface area contributed by atoms with Gasteiger partial charge in [-0.2, -0.15) is 0 Å². The van der Waals surface area contributed by atoms with Crippen LogP contribution in [0.3, 0.4) is 0 Å². The second kappa shape index (κ2) is 5.76. The molecule has 140 valence electrons. The average molecular weight is 384 g/mol. The first-order valence-electron chi connectivity index (χ1n) is 7.93. The van der Waals surface area contributed by atoms with E-state index >= 15 is 0 Å². The molecule has 2 heterocycles. The smallest absolute Gasteiger partial charge is 0.343 e. The van der Waals surface area contributed by atoms with Gasteiger partial charge in [0.25, 0.3) is 21.8 Å². The van der Waals surface area contributed by atoms with E-state index in [1.807, 2.05) is 0 Å². The number of rotatable bonds is 3. The van der Waals surface area contributed by atoms with Crippen LogP contribution in [0.5, 0.6) is 0 Å². The van der Waals surface area contributed by atoms with Gasteiger partial charge in [-0.1, -0.05) is 0 Å². The number of hydrogen-bond acceptors (Lipinski definition) is 5. The van der Waals surface area contributed by atoms with Crippen LogP contribution < -0.4 is 0 Å². The Balaban J connectivity index is 1.95. The van der Waals surface area contributed by atoms with Gasteiger partial charge in [0.2, 0.25) is 5.67 Å². The minimum atomic E-state index is -4.07. The maximum absolute atomic E-state index is 14.2. The van der Waals surface area contributed by atoms with Gasteiger partial charge in [-0.25, -0.2) is 21.9 Å². The molecule has 1 aromatic carbocycles. The van der Waals surface area contributed by atoms with E-state index in [1.54, 1.807) is 13.8 Å². The zero-order valence-electron chi connectivity index (χ0n) is 14.1. The SMILES string of the molecule is CC(C)N1C(=O)c2ccc(C(=O)N3CCC(F)(C(=O)O)C3)cc2S1(=O)=O. The van der Waals surface area contributed by atoms with Crippen LogP contribution in [0.2, 0.25) is 0 Å². The maximum Gasteiger partial charge on any atom is 0.343 e. The number of likely N-dealkylation sites (tertiary alicyclic amines) is 1. The number of alkyl halides is 1. The van der Waals surface area contributed by atoms with Crippen molar-refractivity contribution in [2.75, 3.05) is 13.1 Å². The van der Waals surface area contributed by atoms with Crippen molar-refractivity contribution in [3.8, 4) is 0 Å². The van der Waals surface area contributed by atoms with Gasteiger partial charge in [-0.3, -0.25) is 9.59 Å². The first-order valence-corrected chi connectivity index (χ1v) is 9.37. The molecule has 1 aromatic rings. The Morgan fingerprint density at radius 3 is 2.50 bits per heavy atom. The zero-order valence-corrected chi connectivity index (χ0v) is 14.9. The number of carbonyl (C=O) groups excluding carboxylic acids is 2. The molecule has 2 aliphatic rings. The van der Waals surface area contributed by atoms with E-state index in [-0.39, 0.29) is 29.0 Å². The lowest BCUT2D eigenvalue weighted by atomic mass is 10.1. The molecule has 8 nitrogen and oxygen atoms in total. The molecule has 0 aromatic heterocycles. The number of carbonyl (C=O) groups is 3. The fourth-order valence-corrected chi connectivity index (χ4v) is 4.99. The van der Waals surface area contributed by atoms with Crippen LogP contribution in [0.15, 0.2) is 23.1 Å². The molecule has 3 rings (SSSR count). The van der Waals surface area contributed by atoms with Crippen molar-refractivity contribution in [2.24, 2.45) is 0 Å². The van der Waals surface area contributed by atoms with E-state index in [0.29, 0.717) is 0 Å². The molecule has 0 bridgehead atoms. The van der Waals surface area contributed by atoms with Crippen LogP contribution in [-0.2, 0) is 14.8 Å². The lowest BCUT2D eigenvalue weighted by Crippen LogP contribution is -2.39. The molecule has 1 fully saturated rings. The van der Waals surface area contributed by atoms with Gasteiger partial charge in [-0.15, -0.1) is 0 Å². The van der Waals surface area contributed by atoms with Crippen molar-refractivity contribution >= 4 is 27.8 Å². The molecule has 2 amide bonds. The van der Waals surface area contributed by atoms with Crippen molar-refractivity contribution in [1.82, 2.24) is 9.21 Å². The second-order valence-electron chi connectivity index (χ2n) is 6.66. The number of fused-ring (bicyclic) bond motifs is 1. The van der Waals surface area contributed by atoms with Crippen molar-refractivity contribution in [2.45, 2.75) is 36.9 Å². The molecule has 1 atom stereocenters. The minimum Gasteiger partial charge on any atom is -0.479 e. The standard InChI is InChI=1S/C16H17FN2O6S/c1-9(2)19-14(21)11-4-3-10(7-12(11)26(19,24)25)13(20)18-6-5-16(17,8-18)15(22)23/h3-4,7,9H,5-6,8H2,1-2H3,(H,22,23). The lowest BCUT2D eigenvalue weighted by molar-refractivity contribution is -0.149. The van der Waals surface area contributed by atoms with Crippen LogP contribution in [0, 0.1) is 0 Å². The Morgan fingerprint density at radius 2 is 1.96 bits per heavy atom. The monoisotopic (exact) mass is 384 g/mol. The normalized spacial score (nSPS) is 24.2. The second-order valence-corrected chi connectivity index (χ2v) is 8.44. The van der Waals surface area contributed by atoms with Crippen LogP contribution in [0.25, 0.3) is 0 Å². The van der Waals surface area contributed by atoms with E-state index in [0.717, 1.165) is 15.3 Å². The fourth-order valence-electron chi connectivity index (χ4n) is 3.19. The fraction of sp³-hybridized carbons (Fsp3) is 0.438. The van der Waals surface area contributed by atoms with Crippen LogP contribution in [0.1, 0.15) is 41.0 Å². The number of amides is 2. The van der Waals surface area contributed by atoms with E-state index < -0.39 is 46.1 Å². The number of halogens is 1. The first-order chi connectivity index (χ1) is 12.0. The van der Waals surface area contributed by atoms with Gasteiger partial charge in [0.05, 0.1) is 12.1 Å². The third-order valence-corrected chi connectivity index (χ3v) is 6.55. The van der Waals surface area contributed by atoms with Gasteiger partial charge in [-0.05, 0) is 32.0 Å². The van der Waals surface area contributed by atoms with E-state index in [9.17, 15) is 27.2 Å². The van der Waals surface area contributed by atoms with E-state index in [1.165, 1.54) is 12.1 Å². The molecule has 0 aliphatic carbocycles. The average Bonchev–Trinajstić information content (AvgIpc) is 3.04. The molecular weight excluding hydrogens is 367 g/mol. The maximum atomic E-state index is 14.2. The number of benzene rings is 1. The Hall–Kier alpha value is -2.49. The molecule has 26 heavy (non-hydrogen) atoms. The number of hydrogen-bond donors (Lipinski definition) is 1. The van der Waals surface area contributed by atoms with Gasteiger partial charge in [0, 0.05) is 24.6 Å². The predicted molar refractivity (Wildman–Crippen MR) is 86.9 cm³/mol. The van der Waals surface area contributed by atoms with Gasteiger partial charge >= 0.3 is 5.97 Å². The number of carboxylic acid groups (broad SMARTS) is 1. The van der Waals surface area contributed by atoms with Crippen molar-refractivity contribution in [1.29, 1.82) is 0 Å². The molecule has 10 heteroatoms. The van der Waals surface area contributed by atoms with Crippen molar-refractivity contribution in [3.05, 3.63) is 29.3 Å². The van der Waals surface area contributed by atoms with Crippen molar-refractivity contribution in [3.63, 3.8) is 0 Å². The third kappa shape index (κ3) is 2.56. The summed E-state index contributed by atoms with van der Waals surface area (Å²) in [5.41, 5.74) is -2.58. The summed E-state index contributed by atoms with van der Waals surface area (Å²) in [5.74, 6) is -2.98. The third-order valence-electron chi connectivity index (χ3n) is 4.55. The molecule has 2 aliphatic heterocycles. The highest BCUT2D eigenvalue weighted by atomic mass is 32.2. The van der Waals surface area contributed by atoms with Gasteiger partial charge < -0.3 is 10.0 Å². The van der Waals surface area contributed by atoms with Crippen LogP contribution >= 0.6 is 0 Å². The number of carboxylic acids is 1. The minimum absolute atomic E-state index is 0.0259. The van der Waals surface area contributed by atoms with Crippen molar-refractivity contribution < 1.29 is 32.3 Å². The summed E-state index contributed by atoms with van der Waals surface area (Å²) in [6, 6.07) is 3.05. The summed E-state index contributed by atoms with van der Waals surface area (Å²) in [6.07, 6.45) is -0.336. The van der Waals surface area contributed by atoms with Crippen LogP contribution in [0.4, 0.5) is 4.39 Å². The number of nitrogens with zero attached hydrogens (tertiary/aromatic N) is 2. The van der Waals surface area contributed by atoms with Crippen LogP contribution in [-0.4, -0.2) is 65.3 Å². The quantitative estimate of drug-likeness (QED) is 0.828. The Morgan fingerprint density at radius 1 is 1.31 bits per heavy atom. The largest absolute Gasteiger partial charge is 0.479 e. The molecule has 1 N–H and O–H groups in total. The number of aliphatic carboxylic acids is 1. The predicted octanol–water partition coefficient (Wildman–Crippen LogP) is 0.878. The molecule has 1 unspecified atom stereocenters. The Labute approximate surface area is 149 Å². The van der Waals surface area contributed by atoms with E-state index in [2.05, 4.69) is 0 Å². The molecule has 0 spiro atoms. The summed E-state index contributed by atoms with van der Waals surface area (Å²) in [6.45, 7) is 2.42. The van der Waals surface area contributed by atoms with Gasteiger partial charge in [0.1, 0.15) is 4.90 Å². The summed E-state index contributed by atoms with van der Waals surface area (Å²) < 4.78 is 40.0. The lowest BCUT2D eigenvalue weighted by Gasteiger charge is -2.19. The molecule has 1 saturated heterocycles.